The predicted octanol–water partition coefficient (Wildman–Crippen LogP) is 1.34. The molecule has 6 heteroatoms. The summed E-state index contributed by atoms with van der Waals surface area (Å²) in [5.41, 5.74) is 16.3. The maximum absolute atomic E-state index is 6.10. The van der Waals surface area contributed by atoms with Gasteiger partial charge in [-0.1, -0.05) is 0 Å². The molecule has 4 heterocycles. The quantitative estimate of drug-likeness (QED) is 0.858. The van der Waals surface area contributed by atoms with Crippen LogP contribution in [-0.2, 0) is 4.74 Å². The summed E-state index contributed by atoms with van der Waals surface area (Å²) in [6, 6.07) is 0.227. The molecule has 23 heavy (non-hydrogen) atoms. The van der Waals surface area contributed by atoms with Crippen LogP contribution in [0.5, 0.6) is 0 Å². The lowest BCUT2D eigenvalue weighted by Gasteiger charge is -2.30. The molecular weight excluding hydrogens is 290 g/mol. The van der Waals surface area contributed by atoms with Crippen LogP contribution in [0.2, 0.25) is 0 Å². The fourth-order valence-corrected chi connectivity index (χ4v) is 3.43. The fraction of sp³-hybridized carbons (Fsp3) is 0.353. The van der Waals surface area contributed by atoms with Crippen LogP contribution in [0.25, 0.3) is 0 Å². The number of hydrogen-bond donors (Lipinski definition) is 2. The maximum Gasteiger partial charge on any atom is 0.169 e. The van der Waals surface area contributed by atoms with E-state index in [2.05, 4.69) is 21.7 Å². The van der Waals surface area contributed by atoms with E-state index in [0.717, 1.165) is 42.2 Å². The number of ether oxygens (including phenoxy) is 1. The minimum atomic E-state index is -0.403. The molecule has 3 aliphatic heterocycles. The van der Waals surface area contributed by atoms with Gasteiger partial charge < -0.3 is 20.3 Å². The topological polar surface area (TPSA) is 80.6 Å². The lowest BCUT2D eigenvalue weighted by molar-refractivity contribution is 0.186. The number of rotatable bonds is 2. The van der Waals surface area contributed by atoms with Crippen molar-refractivity contribution in [1.82, 2.24) is 4.98 Å². The van der Waals surface area contributed by atoms with Crippen molar-refractivity contribution in [2.24, 2.45) is 11.5 Å². The van der Waals surface area contributed by atoms with E-state index in [1.54, 1.807) is 0 Å². The molecule has 0 saturated carbocycles. The summed E-state index contributed by atoms with van der Waals surface area (Å²) in [5, 5.41) is 0. The minimum Gasteiger partial charge on any atom is -0.470 e. The highest BCUT2D eigenvalue weighted by molar-refractivity contribution is 5.79. The number of aromatic nitrogens is 1. The van der Waals surface area contributed by atoms with Crippen LogP contribution in [0, 0.1) is 6.92 Å². The van der Waals surface area contributed by atoms with E-state index in [0.29, 0.717) is 0 Å². The highest BCUT2D eigenvalue weighted by atomic mass is 16.5. The zero-order valence-electron chi connectivity index (χ0n) is 13.1. The number of anilines is 2. The van der Waals surface area contributed by atoms with Gasteiger partial charge in [0.05, 0.1) is 23.3 Å². The van der Waals surface area contributed by atoms with Crippen molar-refractivity contribution in [2.75, 3.05) is 22.9 Å². The molecular formula is C17H21N5O. The van der Waals surface area contributed by atoms with E-state index in [1.807, 2.05) is 36.8 Å². The Morgan fingerprint density at radius 2 is 2.17 bits per heavy atom. The molecule has 0 spiro atoms. The molecule has 1 saturated heterocycles. The van der Waals surface area contributed by atoms with E-state index in [9.17, 15) is 0 Å². The van der Waals surface area contributed by atoms with E-state index < -0.39 is 6.23 Å². The van der Waals surface area contributed by atoms with Gasteiger partial charge in [0.2, 0.25) is 0 Å². The van der Waals surface area contributed by atoms with Gasteiger partial charge >= 0.3 is 0 Å². The average Bonchev–Trinajstić information content (AvgIpc) is 3.11. The molecule has 0 aromatic carbocycles. The molecule has 120 valence electrons. The van der Waals surface area contributed by atoms with Crippen LogP contribution in [0.1, 0.15) is 12.0 Å². The summed E-state index contributed by atoms with van der Waals surface area (Å²) in [7, 11) is 0. The van der Waals surface area contributed by atoms with Gasteiger partial charge in [0.1, 0.15) is 5.76 Å². The molecule has 4 rings (SSSR count). The van der Waals surface area contributed by atoms with Gasteiger partial charge in [-0.15, -0.1) is 0 Å². The third kappa shape index (κ3) is 2.40. The van der Waals surface area contributed by atoms with Crippen LogP contribution in [0.4, 0.5) is 11.4 Å². The molecule has 3 aliphatic rings. The Morgan fingerprint density at radius 1 is 1.30 bits per heavy atom. The molecule has 1 aromatic heterocycles. The Morgan fingerprint density at radius 3 is 2.96 bits per heavy atom. The van der Waals surface area contributed by atoms with Gasteiger partial charge in [-0.2, -0.15) is 0 Å². The third-order valence-corrected chi connectivity index (χ3v) is 4.46. The molecule has 0 aliphatic carbocycles. The van der Waals surface area contributed by atoms with E-state index in [-0.39, 0.29) is 6.04 Å². The van der Waals surface area contributed by atoms with Gasteiger partial charge in [-0.25, -0.2) is 0 Å². The van der Waals surface area contributed by atoms with Crippen molar-refractivity contribution in [3.8, 4) is 0 Å². The SMILES string of the molecule is Cc1cncc(N2C=CC=C3OC(N)C=C32)c1N1CCC(N)C1. The number of nitrogens with zero attached hydrogens (tertiary/aromatic N) is 3. The van der Waals surface area contributed by atoms with Gasteiger partial charge in [0.15, 0.2) is 6.23 Å². The number of fused-ring (bicyclic) bond motifs is 1. The Kier molecular flexibility index (Phi) is 3.36. The number of aryl methyl sites for hydroxylation is 1. The first kappa shape index (κ1) is 14.3. The standard InChI is InChI=1S/C17H21N5O/c1-11-8-20-9-14(17(11)21-6-4-12(18)10-21)22-5-2-3-15-13(22)7-16(19)23-15/h2-3,5,7-9,12,16H,4,6,10,18-19H2,1H3. The molecule has 2 unspecified atom stereocenters. The molecule has 1 fully saturated rings. The van der Waals surface area contributed by atoms with E-state index in [1.165, 1.54) is 5.69 Å². The van der Waals surface area contributed by atoms with Crippen molar-refractivity contribution in [2.45, 2.75) is 25.6 Å². The van der Waals surface area contributed by atoms with Gasteiger partial charge in [-0.3, -0.25) is 10.7 Å². The smallest absolute Gasteiger partial charge is 0.169 e. The van der Waals surface area contributed by atoms with Crippen molar-refractivity contribution >= 4 is 11.4 Å². The summed E-state index contributed by atoms with van der Waals surface area (Å²) in [4.78, 5) is 8.84. The highest BCUT2D eigenvalue weighted by Gasteiger charge is 2.30. The summed E-state index contributed by atoms with van der Waals surface area (Å²) in [6.07, 6.45) is 12.3. The zero-order chi connectivity index (χ0) is 16.0. The second-order valence-electron chi connectivity index (χ2n) is 6.20. The van der Waals surface area contributed by atoms with Crippen molar-refractivity contribution in [3.63, 3.8) is 0 Å². The molecule has 0 radical (unpaired) electrons. The van der Waals surface area contributed by atoms with E-state index in [4.69, 9.17) is 16.2 Å². The lowest BCUT2D eigenvalue weighted by atomic mass is 10.1. The minimum absolute atomic E-state index is 0.227. The largest absolute Gasteiger partial charge is 0.470 e. The summed E-state index contributed by atoms with van der Waals surface area (Å²) < 4.78 is 5.63. The average molecular weight is 311 g/mol. The fourth-order valence-electron chi connectivity index (χ4n) is 3.43. The summed E-state index contributed by atoms with van der Waals surface area (Å²) >= 11 is 0. The Balaban J connectivity index is 1.78. The van der Waals surface area contributed by atoms with E-state index >= 15 is 0 Å². The van der Waals surface area contributed by atoms with Crippen molar-refractivity contribution in [1.29, 1.82) is 0 Å². The van der Waals surface area contributed by atoms with Gasteiger partial charge in [0.25, 0.3) is 0 Å². The first-order valence-corrected chi connectivity index (χ1v) is 7.91. The molecule has 4 N–H and O–H groups in total. The van der Waals surface area contributed by atoms with Gasteiger partial charge in [0, 0.05) is 31.5 Å². The van der Waals surface area contributed by atoms with Crippen LogP contribution < -0.4 is 21.3 Å². The summed E-state index contributed by atoms with van der Waals surface area (Å²) in [6.45, 7) is 3.92. The van der Waals surface area contributed by atoms with Crippen molar-refractivity contribution in [3.05, 3.63) is 53.8 Å². The number of allylic oxidation sites excluding steroid dienone is 2. The molecule has 6 nitrogen and oxygen atoms in total. The normalized spacial score (nSPS) is 26.0. The first-order chi connectivity index (χ1) is 11.1. The Labute approximate surface area is 135 Å². The van der Waals surface area contributed by atoms with Crippen LogP contribution in [0.3, 0.4) is 0 Å². The molecule has 0 amide bonds. The maximum atomic E-state index is 6.10. The monoisotopic (exact) mass is 311 g/mol. The Bertz CT molecular complexity index is 724. The zero-order valence-corrected chi connectivity index (χ0v) is 13.1. The second kappa shape index (κ2) is 5.40. The highest BCUT2D eigenvalue weighted by Crippen LogP contribution is 2.39. The number of hydrogen-bond acceptors (Lipinski definition) is 6. The van der Waals surface area contributed by atoms with Crippen LogP contribution >= 0.6 is 0 Å². The Hall–Kier alpha value is -2.31. The number of nitrogens with two attached hydrogens (primary N) is 2. The van der Waals surface area contributed by atoms with Crippen LogP contribution in [0.15, 0.2) is 48.3 Å². The molecule has 2 atom stereocenters. The second-order valence-corrected chi connectivity index (χ2v) is 6.20. The molecule has 0 bridgehead atoms. The first-order valence-electron chi connectivity index (χ1n) is 7.91. The van der Waals surface area contributed by atoms with Crippen molar-refractivity contribution < 1.29 is 4.74 Å². The lowest BCUT2D eigenvalue weighted by Crippen LogP contribution is -2.29. The van der Waals surface area contributed by atoms with Gasteiger partial charge in [-0.05, 0) is 37.1 Å². The number of pyridine rings is 1. The van der Waals surface area contributed by atoms with Crippen LogP contribution in [-0.4, -0.2) is 30.3 Å². The molecule has 1 aromatic rings. The predicted molar refractivity (Wildman–Crippen MR) is 90.6 cm³/mol. The third-order valence-electron chi connectivity index (χ3n) is 4.46. The summed E-state index contributed by atoms with van der Waals surface area (Å²) in [5.74, 6) is 0.797.